The third kappa shape index (κ3) is 2.74. The van der Waals surface area contributed by atoms with E-state index in [0.717, 1.165) is 17.3 Å². The maximum atomic E-state index is 12.6. The van der Waals surface area contributed by atoms with Crippen LogP contribution >= 0.6 is 27.5 Å². The zero-order chi connectivity index (χ0) is 14.3. The van der Waals surface area contributed by atoms with Gasteiger partial charge < -0.3 is 10.2 Å². The van der Waals surface area contributed by atoms with Crippen molar-refractivity contribution in [3.05, 3.63) is 33.3 Å². The maximum Gasteiger partial charge on any atom is 0.254 e. The molecule has 1 aromatic rings. The van der Waals surface area contributed by atoms with Crippen molar-refractivity contribution in [2.75, 3.05) is 7.05 Å². The van der Waals surface area contributed by atoms with Gasteiger partial charge in [0.1, 0.15) is 0 Å². The van der Waals surface area contributed by atoms with Crippen LogP contribution in [0.15, 0.2) is 22.7 Å². The number of hydrogen-bond acceptors (Lipinski definition) is 2. The Morgan fingerprint density at radius 2 is 2.00 bits per heavy atom. The van der Waals surface area contributed by atoms with Crippen molar-refractivity contribution in [3.8, 4) is 0 Å². The Labute approximate surface area is 132 Å². The highest BCUT2D eigenvalue weighted by Gasteiger charge is 2.36. The summed E-state index contributed by atoms with van der Waals surface area (Å²) in [6, 6.07) is 6.84. The Morgan fingerprint density at radius 1 is 1.35 bits per heavy atom. The van der Waals surface area contributed by atoms with Crippen LogP contribution in [0.3, 0.4) is 0 Å². The first-order chi connectivity index (χ1) is 9.54. The van der Waals surface area contributed by atoms with Crippen molar-refractivity contribution in [1.82, 2.24) is 10.2 Å². The molecule has 1 N–H and O–H groups in total. The molecule has 2 bridgehead atoms. The Balaban J connectivity index is 1.76. The highest BCUT2D eigenvalue weighted by atomic mass is 79.9. The van der Waals surface area contributed by atoms with Crippen molar-refractivity contribution in [2.45, 2.75) is 43.8 Å². The molecule has 2 heterocycles. The normalized spacial score (nSPS) is 28.4. The van der Waals surface area contributed by atoms with E-state index in [2.05, 4.69) is 21.2 Å². The molecule has 0 spiro atoms. The highest BCUT2D eigenvalue weighted by Crippen LogP contribution is 2.31. The van der Waals surface area contributed by atoms with Gasteiger partial charge in [-0.25, -0.2) is 0 Å². The second-order valence-corrected chi connectivity index (χ2v) is 7.09. The summed E-state index contributed by atoms with van der Waals surface area (Å²) >= 11 is 9.37. The minimum absolute atomic E-state index is 0.0693. The number of nitrogens with zero attached hydrogens (tertiary/aromatic N) is 1. The summed E-state index contributed by atoms with van der Waals surface area (Å²) in [5.74, 6) is 0.0693. The number of benzene rings is 1. The third-order valence-electron chi connectivity index (χ3n) is 4.48. The lowest BCUT2D eigenvalue weighted by Crippen LogP contribution is -2.48. The molecular formula is C15H18BrClN2O. The van der Waals surface area contributed by atoms with E-state index in [1.165, 1.54) is 12.8 Å². The van der Waals surface area contributed by atoms with Gasteiger partial charge in [-0.15, -0.1) is 0 Å². The number of carbonyl (C=O) groups is 1. The Hall–Kier alpha value is -0.580. The van der Waals surface area contributed by atoms with E-state index in [1.54, 1.807) is 18.2 Å². The minimum Gasteiger partial charge on any atom is -0.339 e. The van der Waals surface area contributed by atoms with Crippen LogP contribution < -0.4 is 5.32 Å². The van der Waals surface area contributed by atoms with E-state index in [0.29, 0.717) is 28.7 Å². The number of nitrogens with one attached hydrogen (secondary N) is 1. The highest BCUT2D eigenvalue weighted by molar-refractivity contribution is 9.10. The molecule has 2 aliphatic heterocycles. The molecule has 108 valence electrons. The Bertz CT molecular complexity index is 525. The monoisotopic (exact) mass is 356 g/mol. The fourth-order valence-corrected chi connectivity index (χ4v) is 4.21. The molecule has 2 saturated heterocycles. The number of hydrogen-bond donors (Lipinski definition) is 1. The van der Waals surface area contributed by atoms with Crippen molar-refractivity contribution >= 4 is 33.4 Å². The van der Waals surface area contributed by atoms with Gasteiger partial charge in [-0.1, -0.05) is 11.6 Å². The Kier molecular flexibility index (Phi) is 4.07. The summed E-state index contributed by atoms with van der Waals surface area (Å²) in [5.41, 5.74) is 0.683. The molecular weight excluding hydrogens is 340 g/mol. The predicted molar refractivity (Wildman–Crippen MR) is 84.2 cm³/mol. The van der Waals surface area contributed by atoms with E-state index in [-0.39, 0.29) is 5.91 Å². The van der Waals surface area contributed by atoms with Crippen LogP contribution in [0.1, 0.15) is 36.0 Å². The first-order valence-corrected chi connectivity index (χ1v) is 8.20. The standard InChI is InChI=1S/C15H18BrClN2O/c1-19(12-7-10-3-4-11(8-12)18-10)15(20)13-5-2-9(17)6-14(13)16/h2,5-6,10-12,18H,3-4,7-8H2,1H3. The molecule has 2 unspecified atom stereocenters. The molecule has 2 fully saturated rings. The van der Waals surface area contributed by atoms with Gasteiger partial charge in [0, 0.05) is 34.7 Å². The molecule has 0 aromatic heterocycles. The van der Waals surface area contributed by atoms with E-state index in [1.807, 2.05) is 11.9 Å². The lowest BCUT2D eigenvalue weighted by molar-refractivity contribution is 0.0681. The summed E-state index contributed by atoms with van der Waals surface area (Å²) in [7, 11) is 1.92. The van der Waals surface area contributed by atoms with Gasteiger partial charge in [0.05, 0.1) is 5.56 Å². The quantitative estimate of drug-likeness (QED) is 0.879. The van der Waals surface area contributed by atoms with Crippen LogP contribution in [0, 0.1) is 0 Å². The first kappa shape index (κ1) is 14.4. The summed E-state index contributed by atoms with van der Waals surface area (Å²) in [6.45, 7) is 0. The van der Waals surface area contributed by atoms with Crippen molar-refractivity contribution in [3.63, 3.8) is 0 Å². The largest absolute Gasteiger partial charge is 0.339 e. The first-order valence-electron chi connectivity index (χ1n) is 7.03. The number of piperidine rings is 1. The van der Waals surface area contributed by atoms with Gasteiger partial charge >= 0.3 is 0 Å². The molecule has 5 heteroatoms. The maximum absolute atomic E-state index is 12.6. The Morgan fingerprint density at radius 3 is 2.60 bits per heavy atom. The number of carbonyl (C=O) groups excluding carboxylic acids is 1. The van der Waals surface area contributed by atoms with Gasteiger partial charge in [0.25, 0.3) is 5.91 Å². The van der Waals surface area contributed by atoms with Gasteiger partial charge in [-0.2, -0.15) is 0 Å². The summed E-state index contributed by atoms with van der Waals surface area (Å²) in [4.78, 5) is 14.5. The van der Waals surface area contributed by atoms with Crippen LogP contribution in [0.5, 0.6) is 0 Å². The van der Waals surface area contributed by atoms with Gasteiger partial charge in [-0.05, 0) is 59.8 Å². The second kappa shape index (κ2) is 5.66. The minimum atomic E-state index is 0.0693. The zero-order valence-corrected chi connectivity index (χ0v) is 13.7. The summed E-state index contributed by atoms with van der Waals surface area (Å²) in [5, 5.41) is 4.24. The van der Waals surface area contributed by atoms with Gasteiger partial charge in [0.15, 0.2) is 0 Å². The van der Waals surface area contributed by atoms with E-state index in [4.69, 9.17) is 11.6 Å². The number of fused-ring (bicyclic) bond motifs is 2. The van der Waals surface area contributed by atoms with Crippen LogP contribution in [0.25, 0.3) is 0 Å². The lowest BCUT2D eigenvalue weighted by atomic mass is 9.98. The molecule has 3 rings (SSSR count). The predicted octanol–water partition coefficient (Wildman–Crippen LogP) is 3.46. The van der Waals surface area contributed by atoms with Gasteiger partial charge in [0.2, 0.25) is 0 Å². The summed E-state index contributed by atoms with van der Waals surface area (Å²) < 4.78 is 0.763. The van der Waals surface area contributed by atoms with Crippen LogP contribution in [-0.2, 0) is 0 Å². The van der Waals surface area contributed by atoms with Gasteiger partial charge in [-0.3, -0.25) is 4.79 Å². The topological polar surface area (TPSA) is 32.3 Å². The number of halogens is 2. The molecule has 2 atom stereocenters. The smallest absolute Gasteiger partial charge is 0.254 e. The molecule has 20 heavy (non-hydrogen) atoms. The zero-order valence-electron chi connectivity index (χ0n) is 11.4. The molecule has 0 saturated carbocycles. The van der Waals surface area contributed by atoms with Crippen LogP contribution in [-0.4, -0.2) is 36.0 Å². The number of rotatable bonds is 2. The molecule has 2 aliphatic rings. The molecule has 0 radical (unpaired) electrons. The molecule has 1 amide bonds. The van der Waals surface area contributed by atoms with E-state index >= 15 is 0 Å². The van der Waals surface area contributed by atoms with E-state index < -0.39 is 0 Å². The third-order valence-corrected chi connectivity index (χ3v) is 5.37. The fourth-order valence-electron chi connectivity index (χ4n) is 3.36. The van der Waals surface area contributed by atoms with E-state index in [9.17, 15) is 4.79 Å². The summed E-state index contributed by atoms with van der Waals surface area (Å²) in [6.07, 6.45) is 4.61. The molecule has 0 aliphatic carbocycles. The van der Waals surface area contributed by atoms with Crippen molar-refractivity contribution in [1.29, 1.82) is 0 Å². The molecule has 1 aromatic carbocycles. The van der Waals surface area contributed by atoms with Crippen molar-refractivity contribution < 1.29 is 4.79 Å². The molecule has 3 nitrogen and oxygen atoms in total. The lowest BCUT2D eigenvalue weighted by Gasteiger charge is -2.35. The fraction of sp³-hybridized carbons (Fsp3) is 0.533. The van der Waals surface area contributed by atoms with Crippen LogP contribution in [0.2, 0.25) is 5.02 Å². The number of amides is 1. The van der Waals surface area contributed by atoms with Crippen LogP contribution in [0.4, 0.5) is 0 Å². The van der Waals surface area contributed by atoms with Crippen molar-refractivity contribution in [2.24, 2.45) is 0 Å². The average molecular weight is 358 g/mol. The second-order valence-electron chi connectivity index (χ2n) is 5.80. The average Bonchev–Trinajstić information content (AvgIpc) is 2.76. The SMILES string of the molecule is CN(C(=O)c1ccc(Cl)cc1Br)C1CC2CCC(C1)N2.